The number of fused-ring (bicyclic) bond motifs is 1. The highest BCUT2D eigenvalue weighted by Crippen LogP contribution is 2.29. The van der Waals surface area contributed by atoms with Crippen molar-refractivity contribution in [2.75, 3.05) is 38.6 Å². The van der Waals surface area contributed by atoms with E-state index in [-0.39, 0.29) is 27.7 Å². The molecule has 0 aliphatic rings. The number of anilines is 1. The summed E-state index contributed by atoms with van der Waals surface area (Å²) < 4.78 is 5.45. The highest BCUT2D eigenvalue weighted by Gasteiger charge is 2.07. The Balaban J connectivity index is -0.00000169. The summed E-state index contributed by atoms with van der Waals surface area (Å²) in [6, 6.07) is 6.16. The molecule has 0 saturated heterocycles. The summed E-state index contributed by atoms with van der Waals surface area (Å²) in [6.45, 7) is 11.1. The Morgan fingerprint density at radius 1 is 1.07 bits per heavy atom. The van der Waals surface area contributed by atoms with Gasteiger partial charge in [-0.3, -0.25) is 4.98 Å². The molecule has 0 amide bonds. The van der Waals surface area contributed by atoms with Crippen LogP contribution in [0.3, 0.4) is 0 Å². The third-order valence-corrected chi connectivity index (χ3v) is 4.88. The van der Waals surface area contributed by atoms with Crippen molar-refractivity contribution in [3.05, 3.63) is 30.0 Å². The molecule has 0 radical (unpaired) electrons. The lowest BCUT2D eigenvalue weighted by molar-refractivity contribution is -0.001000. The van der Waals surface area contributed by atoms with Crippen molar-refractivity contribution >= 4 is 16.6 Å². The molecule has 0 fully saturated rings. The van der Waals surface area contributed by atoms with Crippen molar-refractivity contribution < 1.29 is 32.4 Å². The maximum absolute atomic E-state index is 5.45. The van der Waals surface area contributed by atoms with Gasteiger partial charge < -0.3 is 39.8 Å². The Hall–Kier alpha value is -1.23. The molecule has 0 bridgehead atoms. The van der Waals surface area contributed by atoms with Gasteiger partial charge in [0.25, 0.3) is 0 Å². The molecule has 0 saturated carbocycles. The van der Waals surface area contributed by atoms with Crippen LogP contribution in [0.15, 0.2) is 24.4 Å². The van der Waals surface area contributed by atoms with Gasteiger partial charge in [-0.05, 0) is 57.1 Å². The molecule has 0 spiro atoms. The van der Waals surface area contributed by atoms with Gasteiger partial charge in [-0.25, -0.2) is 0 Å². The number of hydrogen-bond acceptors (Lipinski definition) is 4. The van der Waals surface area contributed by atoms with Gasteiger partial charge in [0, 0.05) is 24.2 Å². The van der Waals surface area contributed by atoms with Crippen LogP contribution in [0.5, 0.6) is 5.75 Å². The van der Waals surface area contributed by atoms with Gasteiger partial charge in [-0.1, -0.05) is 26.7 Å². The van der Waals surface area contributed by atoms with Crippen molar-refractivity contribution in [2.45, 2.75) is 46.5 Å². The predicted molar refractivity (Wildman–Crippen MR) is 110 cm³/mol. The second-order valence-electron chi connectivity index (χ2n) is 6.57. The second-order valence-corrected chi connectivity index (χ2v) is 6.57. The number of aromatic nitrogens is 1. The van der Waals surface area contributed by atoms with Gasteiger partial charge in [0.05, 0.1) is 18.3 Å². The first-order chi connectivity index (χ1) is 12.2. The summed E-state index contributed by atoms with van der Waals surface area (Å²) in [5.41, 5.74) is 3.33. The third kappa shape index (κ3) is 7.73. The number of methoxy groups -OCH3 is 1. The zero-order chi connectivity index (χ0) is 18.1. The molecule has 1 aromatic heterocycles. The van der Waals surface area contributed by atoms with E-state index in [1.54, 1.807) is 7.11 Å². The first-order valence-electron chi connectivity index (χ1n) is 9.59. The molecule has 154 valence electrons. The maximum Gasteiger partial charge on any atom is 1.00 e. The standard InChI is InChI=1S/C21H33N3O.2ClH/c1-5-24(6-2)14-10-8-7-9-12-22-20-16-18(25-4)15-19-17(3)11-13-23-21(19)20;;/h11,13,15-16,22H,5-10,12,14H2,1-4H3;2*1H. The van der Waals surface area contributed by atoms with Crippen LogP contribution in [0.1, 0.15) is 47.9 Å². The lowest BCUT2D eigenvalue weighted by Crippen LogP contribution is -3.00. The number of unbranched alkanes of at least 4 members (excludes halogenated alkanes) is 3. The number of pyridine rings is 1. The quantitative estimate of drug-likeness (QED) is 0.482. The van der Waals surface area contributed by atoms with Gasteiger partial charge >= 0.3 is 2.85 Å². The molecule has 4 nitrogen and oxygen atoms in total. The summed E-state index contributed by atoms with van der Waals surface area (Å²) in [6.07, 6.45) is 6.92. The molecule has 0 aliphatic heterocycles. The molecule has 2 aromatic rings. The summed E-state index contributed by atoms with van der Waals surface area (Å²) in [5.74, 6) is 0.880. The molecule has 1 N–H and O–H groups in total. The van der Waals surface area contributed by atoms with Crippen LogP contribution in [0.4, 0.5) is 5.69 Å². The Bertz CT molecular complexity index is 674. The first kappa shape index (κ1) is 25.8. The minimum atomic E-state index is 0. The number of aryl methyl sites for hydroxylation is 1. The fourth-order valence-electron chi connectivity index (χ4n) is 3.19. The predicted octanol–water partition coefficient (Wildman–Crippen LogP) is -0.901. The molecule has 0 aliphatic carbocycles. The average molecular weight is 416 g/mol. The van der Waals surface area contributed by atoms with E-state index in [4.69, 9.17) is 4.74 Å². The van der Waals surface area contributed by atoms with E-state index in [0.717, 1.165) is 42.0 Å². The Labute approximate surface area is 179 Å². The monoisotopic (exact) mass is 415 g/mol. The van der Waals surface area contributed by atoms with Crippen LogP contribution < -0.4 is 34.9 Å². The van der Waals surface area contributed by atoms with E-state index in [9.17, 15) is 0 Å². The molecule has 6 heteroatoms. The number of halogens is 2. The minimum absolute atomic E-state index is 0. The summed E-state index contributed by atoms with van der Waals surface area (Å²) >= 11 is 0. The van der Waals surface area contributed by atoms with Crippen molar-refractivity contribution in [3.63, 3.8) is 0 Å². The maximum atomic E-state index is 5.45. The number of rotatable bonds is 11. The number of benzene rings is 1. The van der Waals surface area contributed by atoms with Gasteiger partial charge in [0.2, 0.25) is 0 Å². The normalized spacial score (nSPS) is 10.4. The van der Waals surface area contributed by atoms with Crippen LogP contribution in [0.25, 0.3) is 10.9 Å². The topological polar surface area (TPSA) is 37.4 Å². The Morgan fingerprint density at radius 2 is 1.78 bits per heavy atom. The molecule has 1 heterocycles. The number of ether oxygens (including phenoxy) is 1. The van der Waals surface area contributed by atoms with Crippen molar-refractivity contribution in [2.24, 2.45) is 0 Å². The van der Waals surface area contributed by atoms with E-state index in [0.29, 0.717) is 0 Å². The average Bonchev–Trinajstić information content (AvgIpc) is 2.64. The first-order valence-corrected chi connectivity index (χ1v) is 9.59. The highest BCUT2D eigenvalue weighted by atomic mass is 35.5. The van der Waals surface area contributed by atoms with E-state index >= 15 is 0 Å². The second kappa shape index (κ2) is 13.9. The fraction of sp³-hybridized carbons (Fsp3) is 0.571. The molecule has 1 aromatic carbocycles. The molecular weight excluding hydrogens is 381 g/mol. The van der Waals surface area contributed by atoms with Crippen LogP contribution in [0, 0.1) is 6.92 Å². The van der Waals surface area contributed by atoms with Gasteiger partial charge in [0.1, 0.15) is 5.75 Å². The van der Waals surface area contributed by atoms with Crippen molar-refractivity contribution in [1.29, 1.82) is 0 Å². The van der Waals surface area contributed by atoms with Crippen LogP contribution in [-0.2, 0) is 0 Å². The fourth-order valence-corrected chi connectivity index (χ4v) is 3.19. The lowest BCUT2D eigenvalue weighted by atomic mass is 10.1. The zero-order valence-corrected chi connectivity index (χ0v) is 18.5. The lowest BCUT2D eigenvalue weighted by Gasteiger charge is -2.17. The summed E-state index contributed by atoms with van der Waals surface area (Å²) in [7, 11) is 1.71. The van der Waals surface area contributed by atoms with E-state index in [2.05, 4.69) is 48.1 Å². The summed E-state index contributed by atoms with van der Waals surface area (Å²) in [5, 5.41) is 4.71. The third-order valence-electron chi connectivity index (χ3n) is 4.88. The molecule has 0 unspecified atom stereocenters. The van der Waals surface area contributed by atoms with E-state index < -0.39 is 0 Å². The van der Waals surface area contributed by atoms with Crippen molar-refractivity contribution in [3.8, 4) is 5.75 Å². The number of hydrogen-bond donors (Lipinski definition) is 1. The van der Waals surface area contributed by atoms with Crippen molar-refractivity contribution in [1.82, 2.24) is 9.88 Å². The van der Waals surface area contributed by atoms with E-state index in [1.165, 1.54) is 37.8 Å². The SMILES string of the molecule is CCN(CC)CCCCCCNc1cc(OC)cc2c(C)ccnc12.[Cl-].[Cl-].[H+].[H+]. The molecule has 27 heavy (non-hydrogen) atoms. The highest BCUT2D eigenvalue weighted by molar-refractivity contribution is 5.93. The minimum Gasteiger partial charge on any atom is -1.00 e. The molecule has 2 rings (SSSR count). The zero-order valence-electron chi connectivity index (χ0n) is 19.0. The van der Waals surface area contributed by atoms with Crippen LogP contribution in [-0.4, -0.2) is 43.2 Å². The Morgan fingerprint density at radius 3 is 2.44 bits per heavy atom. The Kier molecular flexibility index (Phi) is 13.2. The number of nitrogens with one attached hydrogen (secondary N) is 1. The van der Waals surface area contributed by atoms with Crippen LogP contribution in [0.2, 0.25) is 0 Å². The van der Waals surface area contributed by atoms with Gasteiger partial charge in [-0.15, -0.1) is 0 Å². The summed E-state index contributed by atoms with van der Waals surface area (Å²) in [4.78, 5) is 7.06. The molecule has 0 atom stereocenters. The molecular formula is C21H35Cl2N3O. The smallest absolute Gasteiger partial charge is 1.00 e. The largest absolute Gasteiger partial charge is 1.00 e. The number of nitrogens with zero attached hydrogens (tertiary/aromatic N) is 2. The van der Waals surface area contributed by atoms with Gasteiger partial charge in [0.15, 0.2) is 0 Å². The van der Waals surface area contributed by atoms with E-state index in [1.807, 2.05) is 12.3 Å². The van der Waals surface area contributed by atoms with Crippen LogP contribution >= 0.6 is 0 Å². The van der Waals surface area contributed by atoms with Gasteiger partial charge in [-0.2, -0.15) is 0 Å².